The molecule has 0 aliphatic carbocycles. The van der Waals surface area contributed by atoms with Crippen molar-refractivity contribution in [3.8, 4) is 0 Å². The Kier molecular flexibility index (Phi) is 3.26. The number of thioether (sulfide) groups is 1. The topological polar surface area (TPSA) is 50.2 Å². The lowest BCUT2D eigenvalue weighted by Gasteiger charge is -2.22. The van der Waals surface area contributed by atoms with Crippen LogP contribution in [0.25, 0.3) is 0 Å². The Labute approximate surface area is 92.9 Å². The zero-order chi connectivity index (χ0) is 10.7. The van der Waals surface area contributed by atoms with Gasteiger partial charge in [0.15, 0.2) is 0 Å². The van der Waals surface area contributed by atoms with Gasteiger partial charge < -0.3 is 5.11 Å². The average molecular weight is 223 g/mol. The average Bonchev–Trinajstić information content (AvgIpc) is 2.30. The van der Waals surface area contributed by atoms with Crippen molar-refractivity contribution in [3.05, 3.63) is 29.6 Å². The van der Waals surface area contributed by atoms with Crippen LogP contribution in [-0.2, 0) is 0 Å². The SMILES string of the molecule is O=C(O)c1cnccc1C1CCCSC1. The van der Waals surface area contributed by atoms with Crippen LogP contribution >= 0.6 is 11.8 Å². The second-order valence-electron chi connectivity index (χ2n) is 3.68. The van der Waals surface area contributed by atoms with E-state index in [1.54, 1.807) is 6.20 Å². The van der Waals surface area contributed by atoms with Crippen molar-refractivity contribution in [2.75, 3.05) is 11.5 Å². The van der Waals surface area contributed by atoms with Gasteiger partial charge in [0.25, 0.3) is 0 Å². The fourth-order valence-corrected chi connectivity index (χ4v) is 3.09. The number of carboxylic acids is 1. The molecule has 0 saturated carbocycles. The van der Waals surface area contributed by atoms with Gasteiger partial charge in [-0.25, -0.2) is 4.79 Å². The molecule has 1 aliphatic rings. The zero-order valence-corrected chi connectivity index (χ0v) is 9.17. The molecule has 3 nitrogen and oxygen atoms in total. The molecule has 2 rings (SSSR count). The maximum Gasteiger partial charge on any atom is 0.337 e. The third-order valence-electron chi connectivity index (χ3n) is 2.69. The van der Waals surface area contributed by atoms with Crippen LogP contribution in [0.5, 0.6) is 0 Å². The Balaban J connectivity index is 2.29. The summed E-state index contributed by atoms with van der Waals surface area (Å²) in [5.41, 5.74) is 1.31. The summed E-state index contributed by atoms with van der Waals surface area (Å²) in [4.78, 5) is 14.9. The Morgan fingerprint density at radius 3 is 3.13 bits per heavy atom. The highest BCUT2D eigenvalue weighted by Gasteiger charge is 2.21. The lowest BCUT2D eigenvalue weighted by molar-refractivity contribution is 0.0694. The van der Waals surface area contributed by atoms with Crippen molar-refractivity contribution >= 4 is 17.7 Å². The van der Waals surface area contributed by atoms with E-state index in [0.717, 1.165) is 17.7 Å². The summed E-state index contributed by atoms with van der Waals surface area (Å²) in [5, 5.41) is 9.05. The van der Waals surface area contributed by atoms with Crippen molar-refractivity contribution < 1.29 is 9.90 Å². The van der Waals surface area contributed by atoms with Gasteiger partial charge in [-0.05, 0) is 36.1 Å². The molecule has 1 aliphatic heterocycles. The molecule has 1 aromatic heterocycles. The molecule has 0 bridgehead atoms. The van der Waals surface area contributed by atoms with Crippen molar-refractivity contribution in [2.45, 2.75) is 18.8 Å². The first kappa shape index (κ1) is 10.5. The van der Waals surface area contributed by atoms with E-state index in [2.05, 4.69) is 4.98 Å². The quantitative estimate of drug-likeness (QED) is 0.836. The lowest BCUT2D eigenvalue weighted by atomic mass is 9.93. The number of aromatic carboxylic acids is 1. The summed E-state index contributed by atoms with van der Waals surface area (Å²) < 4.78 is 0. The molecular weight excluding hydrogens is 210 g/mol. The third-order valence-corrected chi connectivity index (χ3v) is 3.90. The van der Waals surface area contributed by atoms with E-state index in [-0.39, 0.29) is 0 Å². The summed E-state index contributed by atoms with van der Waals surface area (Å²) in [5.74, 6) is 1.75. The molecule has 0 aromatic carbocycles. The molecule has 0 spiro atoms. The summed E-state index contributed by atoms with van der Waals surface area (Å²) in [6.45, 7) is 0. The van der Waals surface area contributed by atoms with Crippen molar-refractivity contribution in [1.82, 2.24) is 4.98 Å². The number of carbonyl (C=O) groups is 1. The fraction of sp³-hybridized carbons (Fsp3) is 0.455. The molecule has 1 atom stereocenters. The Morgan fingerprint density at radius 1 is 1.60 bits per heavy atom. The van der Waals surface area contributed by atoms with Crippen LogP contribution in [0.2, 0.25) is 0 Å². The van der Waals surface area contributed by atoms with E-state index in [9.17, 15) is 4.79 Å². The predicted molar refractivity (Wildman–Crippen MR) is 60.5 cm³/mol. The van der Waals surface area contributed by atoms with Gasteiger partial charge in [-0.15, -0.1) is 0 Å². The molecule has 0 radical (unpaired) electrons. The summed E-state index contributed by atoms with van der Waals surface area (Å²) in [7, 11) is 0. The first-order chi connectivity index (χ1) is 7.29. The normalized spacial score (nSPS) is 21.2. The van der Waals surface area contributed by atoms with Crippen LogP contribution in [0.4, 0.5) is 0 Å². The van der Waals surface area contributed by atoms with Crippen molar-refractivity contribution in [1.29, 1.82) is 0 Å². The smallest absolute Gasteiger partial charge is 0.337 e. The lowest BCUT2D eigenvalue weighted by Crippen LogP contribution is -2.13. The minimum Gasteiger partial charge on any atom is -0.478 e. The maximum atomic E-state index is 11.0. The van der Waals surface area contributed by atoms with E-state index in [4.69, 9.17) is 5.11 Å². The van der Waals surface area contributed by atoms with Gasteiger partial charge in [0.1, 0.15) is 0 Å². The monoisotopic (exact) mass is 223 g/mol. The first-order valence-corrected chi connectivity index (χ1v) is 6.19. The van der Waals surface area contributed by atoms with Gasteiger partial charge in [-0.1, -0.05) is 0 Å². The van der Waals surface area contributed by atoms with E-state index < -0.39 is 5.97 Å². The number of pyridine rings is 1. The van der Waals surface area contributed by atoms with Gasteiger partial charge >= 0.3 is 5.97 Å². The highest BCUT2D eigenvalue weighted by atomic mass is 32.2. The summed E-state index contributed by atoms with van der Waals surface area (Å²) in [6, 6.07) is 1.85. The number of hydrogen-bond acceptors (Lipinski definition) is 3. The number of aromatic nitrogens is 1. The largest absolute Gasteiger partial charge is 0.478 e. The second kappa shape index (κ2) is 4.66. The first-order valence-electron chi connectivity index (χ1n) is 5.04. The number of rotatable bonds is 2. The van der Waals surface area contributed by atoms with Crippen LogP contribution in [0.1, 0.15) is 34.7 Å². The molecule has 4 heteroatoms. The maximum absolute atomic E-state index is 11.0. The molecular formula is C11H13NO2S. The van der Waals surface area contributed by atoms with Gasteiger partial charge in [0, 0.05) is 18.1 Å². The fourth-order valence-electron chi connectivity index (χ4n) is 1.93. The standard InChI is InChI=1S/C11H13NO2S/c13-11(14)10-6-12-4-3-9(10)8-2-1-5-15-7-8/h3-4,6,8H,1-2,5,7H2,(H,13,14). The van der Waals surface area contributed by atoms with E-state index in [1.807, 2.05) is 17.8 Å². The van der Waals surface area contributed by atoms with Crippen molar-refractivity contribution in [2.24, 2.45) is 0 Å². The molecule has 1 saturated heterocycles. The highest BCUT2D eigenvalue weighted by Crippen LogP contribution is 2.32. The van der Waals surface area contributed by atoms with Crippen LogP contribution in [-0.4, -0.2) is 27.6 Å². The van der Waals surface area contributed by atoms with Gasteiger partial charge in [0.2, 0.25) is 0 Å². The molecule has 0 amide bonds. The van der Waals surface area contributed by atoms with Crippen LogP contribution in [0.15, 0.2) is 18.5 Å². The Hall–Kier alpha value is -1.03. The van der Waals surface area contributed by atoms with E-state index >= 15 is 0 Å². The number of nitrogens with zero attached hydrogens (tertiary/aromatic N) is 1. The number of hydrogen-bond donors (Lipinski definition) is 1. The molecule has 1 unspecified atom stereocenters. The third kappa shape index (κ3) is 2.31. The highest BCUT2D eigenvalue weighted by molar-refractivity contribution is 7.99. The zero-order valence-electron chi connectivity index (χ0n) is 8.35. The number of carboxylic acid groups (broad SMARTS) is 1. The van der Waals surface area contributed by atoms with Gasteiger partial charge in [-0.2, -0.15) is 11.8 Å². The molecule has 1 aromatic rings. The minimum atomic E-state index is -0.867. The molecule has 1 N–H and O–H groups in total. The Bertz CT molecular complexity index is 361. The van der Waals surface area contributed by atoms with E-state index in [1.165, 1.54) is 18.4 Å². The van der Waals surface area contributed by atoms with Crippen LogP contribution in [0, 0.1) is 0 Å². The minimum absolute atomic E-state index is 0.366. The molecule has 1 fully saturated rings. The molecule has 2 heterocycles. The summed E-state index contributed by atoms with van der Waals surface area (Å²) >= 11 is 1.90. The van der Waals surface area contributed by atoms with Gasteiger partial charge in [0.05, 0.1) is 5.56 Å². The molecule has 80 valence electrons. The van der Waals surface area contributed by atoms with Crippen molar-refractivity contribution in [3.63, 3.8) is 0 Å². The van der Waals surface area contributed by atoms with Gasteiger partial charge in [-0.3, -0.25) is 4.98 Å². The van der Waals surface area contributed by atoms with E-state index in [0.29, 0.717) is 11.5 Å². The summed E-state index contributed by atoms with van der Waals surface area (Å²) in [6.07, 6.45) is 5.41. The van der Waals surface area contributed by atoms with Crippen LogP contribution in [0.3, 0.4) is 0 Å². The Morgan fingerprint density at radius 2 is 2.47 bits per heavy atom. The molecule has 15 heavy (non-hydrogen) atoms. The predicted octanol–water partition coefficient (Wildman–Crippen LogP) is 2.39. The van der Waals surface area contributed by atoms with Crippen LogP contribution < -0.4 is 0 Å². The second-order valence-corrected chi connectivity index (χ2v) is 4.83.